The van der Waals surface area contributed by atoms with Crippen LogP contribution < -0.4 is 0 Å². The Morgan fingerprint density at radius 2 is 2.38 bits per heavy atom. The second-order valence-electron chi connectivity index (χ2n) is 5.53. The van der Waals surface area contributed by atoms with E-state index >= 15 is 0 Å². The summed E-state index contributed by atoms with van der Waals surface area (Å²) in [5, 5.41) is 9.54. The van der Waals surface area contributed by atoms with Gasteiger partial charge in [0.25, 0.3) is 0 Å². The standard InChI is InChI=1S/C17H22N2O2/c1-3-21-17(20)15-8-5-9-19(12-15)16(11-18)14-7-4-6-13(2)10-14/h4,6-7,10,15-16H,3,5,8-9,12H2,1-2H3. The van der Waals surface area contributed by atoms with Crippen molar-refractivity contribution in [2.24, 2.45) is 5.92 Å². The SMILES string of the molecule is CCOC(=O)C1CCCN(C(C#N)c2cccc(C)c2)C1. The topological polar surface area (TPSA) is 53.3 Å². The van der Waals surface area contributed by atoms with E-state index in [2.05, 4.69) is 11.0 Å². The molecule has 2 rings (SSSR count). The van der Waals surface area contributed by atoms with E-state index in [9.17, 15) is 10.1 Å². The van der Waals surface area contributed by atoms with E-state index < -0.39 is 0 Å². The Morgan fingerprint density at radius 1 is 1.57 bits per heavy atom. The van der Waals surface area contributed by atoms with Crippen LogP contribution in [0.3, 0.4) is 0 Å². The molecule has 0 spiro atoms. The third kappa shape index (κ3) is 3.83. The fourth-order valence-corrected chi connectivity index (χ4v) is 2.90. The molecule has 0 aromatic heterocycles. The summed E-state index contributed by atoms with van der Waals surface area (Å²) in [4.78, 5) is 14.0. The summed E-state index contributed by atoms with van der Waals surface area (Å²) in [7, 11) is 0. The lowest BCUT2D eigenvalue weighted by atomic mass is 9.95. The quantitative estimate of drug-likeness (QED) is 0.799. The van der Waals surface area contributed by atoms with E-state index in [0.717, 1.165) is 30.5 Å². The number of carbonyl (C=O) groups is 1. The van der Waals surface area contributed by atoms with Gasteiger partial charge >= 0.3 is 5.97 Å². The third-order valence-corrected chi connectivity index (χ3v) is 3.92. The molecule has 1 aliphatic heterocycles. The van der Waals surface area contributed by atoms with Gasteiger partial charge in [-0.1, -0.05) is 29.8 Å². The maximum absolute atomic E-state index is 11.9. The molecular weight excluding hydrogens is 264 g/mol. The van der Waals surface area contributed by atoms with Gasteiger partial charge in [0.15, 0.2) is 0 Å². The molecule has 2 atom stereocenters. The number of carbonyl (C=O) groups excluding carboxylic acids is 1. The van der Waals surface area contributed by atoms with E-state index in [-0.39, 0.29) is 17.9 Å². The normalized spacial score (nSPS) is 20.5. The predicted molar refractivity (Wildman–Crippen MR) is 80.5 cm³/mol. The summed E-state index contributed by atoms with van der Waals surface area (Å²) in [6.07, 6.45) is 1.77. The Bertz CT molecular complexity index is 536. The number of nitriles is 1. The molecule has 1 aromatic rings. The number of hydrogen-bond donors (Lipinski definition) is 0. The molecule has 0 radical (unpaired) electrons. The van der Waals surface area contributed by atoms with Gasteiger partial charge in [-0.25, -0.2) is 0 Å². The van der Waals surface area contributed by atoms with Gasteiger partial charge in [-0.2, -0.15) is 5.26 Å². The summed E-state index contributed by atoms with van der Waals surface area (Å²) in [6.45, 7) is 5.71. The molecule has 4 nitrogen and oxygen atoms in total. The zero-order valence-corrected chi connectivity index (χ0v) is 12.7. The Hall–Kier alpha value is -1.86. The molecule has 0 aliphatic carbocycles. The zero-order chi connectivity index (χ0) is 15.2. The monoisotopic (exact) mass is 286 g/mol. The maximum atomic E-state index is 11.9. The first kappa shape index (κ1) is 15.5. The lowest BCUT2D eigenvalue weighted by molar-refractivity contribution is -0.150. The van der Waals surface area contributed by atoms with E-state index in [1.54, 1.807) is 0 Å². The average molecular weight is 286 g/mol. The average Bonchev–Trinajstić information content (AvgIpc) is 2.49. The number of esters is 1. The Balaban J connectivity index is 2.12. The number of benzene rings is 1. The van der Waals surface area contributed by atoms with Gasteiger partial charge in [-0.15, -0.1) is 0 Å². The first-order chi connectivity index (χ1) is 10.2. The van der Waals surface area contributed by atoms with Crippen molar-refractivity contribution >= 4 is 5.97 Å². The molecule has 21 heavy (non-hydrogen) atoms. The molecular formula is C17H22N2O2. The van der Waals surface area contributed by atoms with Crippen LogP contribution in [0.25, 0.3) is 0 Å². The highest BCUT2D eigenvalue weighted by Gasteiger charge is 2.31. The fraction of sp³-hybridized carbons (Fsp3) is 0.529. The molecule has 1 saturated heterocycles. The Morgan fingerprint density at radius 3 is 3.05 bits per heavy atom. The predicted octanol–water partition coefficient (Wildman–Crippen LogP) is 2.83. The lowest BCUT2D eigenvalue weighted by Gasteiger charge is -2.34. The van der Waals surface area contributed by atoms with Crippen LogP contribution in [0.15, 0.2) is 24.3 Å². The van der Waals surface area contributed by atoms with E-state index in [4.69, 9.17) is 4.74 Å². The number of rotatable bonds is 4. The number of piperidine rings is 1. The van der Waals surface area contributed by atoms with Crippen LogP contribution in [0.2, 0.25) is 0 Å². The van der Waals surface area contributed by atoms with E-state index in [1.165, 1.54) is 0 Å². The molecule has 0 saturated carbocycles. The summed E-state index contributed by atoms with van der Waals surface area (Å²) in [6, 6.07) is 10.1. The van der Waals surface area contributed by atoms with Crippen LogP contribution in [0.1, 0.15) is 36.9 Å². The van der Waals surface area contributed by atoms with Crippen molar-refractivity contribution in [2.45, 2.75) is 32.7 Å². The van der Waals surface area contributed by atoms with Crippen LogP contribution in [0.4, 0.5) is 0 Å². The van der Waals surface area contributed by atoms with Gasteiger partial charge in [0.05, 0.1) is 18.6 Å². The van der Waals surface area contributed by atoms with Crippen molar-refractivity contribution in [2.75, 3.05) is 19.7 Å². The summed E-state index contributed by atoms with van der Waals surface area (Å²) >= 11 is 0. The maximum Gasteiger partial charge on any atom is 0.310 e. The van der Waals surface area contributed by atoms with Crippen molar-refractivity contribution in [1.29, 1.82) is 5.26 Å². The molecule has 1 aliphatic rings. The summed E-state index contributed by atoms with van der Waals surface area (Å²) in [5.74, 6) is -0.248. The van der Waals surface area contributed by atoms with Crippen LogP contribution in [-0.2, 0) is 9.53 Å². The fourth-order valence-electron chi connectivity index (χ4n) is 2.90. The van der Waals surface area contributed by atoms with Crippen LogP contribution in [-0.4, -0.2) is 30.6 Å². The van der Waals surface area contributed by atoms with Crippen LogP contribution in [0.5, 0.6) is 0 Å². The lowest BCUT2D eigenvalue weighted by Crippen LogP contribution is -2.41. The van der Waals surface area contributed by atoms with Crippen molar-refractivity contribution in [3.63, 3.8) is 0 Å². The first-order valence-corrected chi connectivity index (χ1v) is 7.52. The largest absolute Gasteiger partial charge is 0.466 e. The highest BCUT2D eigenvalue weighted by molar-refractivity contribution is 5.72. The van der Waals surface area contributed by atoms with Gasteiger partial charge in [0, 0.05) is 6.54 Å². The molecule has 4 heteroatoms. The second kappa shape index (κ2) is 7.24. The van der Waals surface area contributed by atoms with Crippen molar-refractivity contribution in [1.82, 2.24) is 4.90 Å². The highest BCUT2D eigenvalue weighted by Crippen LogP contribution is 2.27. The summed E-state index contributed by atoms with van der Waals surface area (Å²) in [5.41, 5.74) is 2.15. The van der Waals surface area contributed by atoms with Crippen LogP contribution in [0, 0.1) is 24.2 Å². The molecule has 1 heterocycles. The number of aryl methyl sites for hydroxylation is 1. The Labute approximate surface area is 126 Å². The molecule has 112 valence electrons. The molecule has 0 N–H and O–H groups in total. The van der Waals surface area contributed by atoms with E-state index in [1.807, 2.05) is 38.1 Å². The van der Waals surface area contributed by atoms with Gasteiger partial charge in [0.1, 0.15) is 6.04 Å². The third-order valence-electron chi connectivity index (χ3n) is 3.92. The smallest absolute Gasteiger partial charge is 0.310 e. The number of ether oxygens (including phenoxy) is 1. The van der Waals surface area contributed by atoms with Gasteiger partial charge in [-0.3, -0.25) is 9.69 Å². The molecule has 1 aromatic carbocycles. The first-order valence-electron chi connectivity index (χ1n) is 7.52. The number of nitrogens with zero attached hydrogens (tertiary/aromatic N) is 2. The summed E-state index contributed by atoms with van der Waals surface area (Å²) < 4.78 is 5.12. The highest BCUT2D eigenvalue weighted by atomic mass is 16.5. The van der Waals surface area contributed by atoms with Gasteiger partial charge < -0.3 is 4.74 Å². The molecule has 0 bridgehead atoms. The zero-order valence-electron chi connectivity index (χ0n) is 12.7. The molecule has 0 amide bonds. The van der Waals surface area contributed by atoms with Crippen molar-refractivity contribution < 1.29 is 9.53 Å². The van der Waals surface area contributed by atoms with Crippen molar-refractivity contribution in [3.8, 4) is 6.07 Å². The number of likely N-dealkylation sites (tertiary alicyclic amines) is 1. The number of hydrogen-bond acceptors (Lipinski definition) is 4. The molecule has 2 unspecified atom stereocenters. The van der Waals surface area contributed by atoms with Gasteiger partial charge in [-0.05, 0) is 38.8 Å². The van der Waals surface area contributed by atoms with Crippen LogP contribution >= 0.6 is 0 Å². The van der Waals surface area contributed by atoms with E-state index in [0.29, 0.717) is 13.2 Å². The second-order valence-corrected chi connectivity index (χ2v) is 5.53. The minimum atomic E-state index is -0.290. The van der Waals surface area contributed by atoms with Gasteiger partial charge in [0.2, 0.25) is 0 Å². The Kier molecular flexibility index (Phi) is 5.35. The molecule has 1 fully saturated rings. The minimum Gasteiger partial charge on any atom is -0.466 e. The minimum absolute atomic E-state index is 0.112. The van der Waals surface area contributed by atoms with Crippen molar-refractivity contribution in [3.05, 3.63) is 35.4 Å².